The van der Waals surface area contributed by atoms with Crippen molar-refractivity contribution in [3.8, 4) is 5.75 Å². The lowest BCUT2D eigenvalue weighted by molar-refractivity contribution is 0.247. The largest absolute Gasteiger partial charge is 0.497 e. The smallest absolute Gasteiger partial charge is 0.224 e. The molecule has 2 heterocycles. The molecule has 1 saturated heterocycles. The summed E-state index contributed by atoms with van der Waals surface area (Å²) in [6.07, 6.45) is 1.55. The van der Waals surface area contributed by atoms with Crippen LogP contribution in [0.1, 0.15) is 11.1 Å². The molecule has 0 amide bonds. The van der Waals surface area contributed by atoms with Gasteiger partial charge in [0.1, 0.15) is 5.75 Å². The molecule has 0 spiro atoms. The number of methoxy groups -OCH3 is 1. The lowest BCUT2D eigenvalue weighted by Crippen LogP contribution is -2.46. The molecule has 3 aromatic rings. The Morgan fingerprint density at radius 3 is 2.26 bits per heavy atom. The van der Waals surface area contributed by atoms with Gasteiger partial charge in [-0.05, 0) is 49.4 Å². The molecule has 0 atom stereocenters. The highest BCUT2D eigenvalue weighted by atomic mass is 32.2. The molecule has 1 aliphatic rings. The Labute approximate surface area is 184 Å². The first-order valence-electron chi connectivity index (χ1n) is 10.3. The van der Waals surface area contributed by atoms with Crippen LogP contribution in [0.15, 0.2) is 76.8 Å². The second-order valence-electron chi connectivity index (χ2n) is 7.75. The fraction of sp³-hybridized carbons (Fsp3) is 0.292. The van der Waals surface area contributed by atoms with Gasteiger partial charge in [0.2, 0.25) is 9.84 Å². The SMILES string of the molecule is COc1ccc(N2CCN(Cc3cccnc3S(=O)(=O)c3ccc(C)cc3)CC2)cc1. The van der Waals surface area contributed by atoms with Crippen molar-refractivity contribution in [2.75, 3.05) is 38.2 Å². The van der Waals surface area contributed by atoms with Gasteiger partial charge in [-0.2, -0.15) is 0 Å². The van der Waals surface area contributed by atoms with Crippen molar-refractivity contribution in [1.82, 2.24) is 9.88 Å². The van der Waals surface area contributed by atoms with Crippen LogP contribution in [0.2, 0.25) is 0 Å². The predicted molar refractivity (Wildman–Crippen MR) is 121 cm³/mol. The van der Waals surface area contributed by atoms with Gasteiger partial charge in [-0.1, -0.05) is 23.8 Å². The number of piperazine rings is 1. The minimum Gasteiger partial charge on any atom is -0.497 e. The molecule has 0 unspecified atom stereocenters. The number of aryl methyl sites for hydroxylation is 1. The first-order chi connectivity index (χ1) is 15.0. The summed E-state index contributed by atoms with van der Waals surface area (Å²) in [6, 6.07) is 18.7. The number of hydrogen-bond donors (Lipinski definition) is 0. The summed E-state index contributed by atoms with van der Waals surface area (Å²) in [5.41, 5.74) is 2.93. The van der Waals surface area contributed by atoms with Crippen LogP contribution >= 0.6 is 0 Å². The van der Waals surface area contributed by atoms with Gasteiger partial charge in [0, 0.05) is 50.2 Å². The summed E-state index contributed by atoms with van der Waals surface area (Å²) in [7, 11) is -1.99. The predicted octanol–water partition coefficient (Wildman–Crippen LogP) is 3.55. The van der Waals surface area contributed by atoms with Crippen LogP contribution in [0.25, 0.3) is 0 Å². The Kier molecular flexibility index (Phi) is 6.25. The van der Waals surface area contributed by atoms with Crippen molar-refractivity contribution in [3.05, 3.63) is 78.0 Å². The zero-order valence-corrected chi connectivity index (χ0v) is 18.7. The minimum absolute atomic E-state index is 0.149. The molecule has 0 saturated carbocycles. The number of nitrogens with zero attached hydrogens (tertiary/aromatic N) is 3. The first kappa shape index (κ1) is 21.3. The normalized spacial score (nSPS) is 15.1. The molecule has 162 valence electrons. The van der Waals surface area contributed by atoms with E-state index in [0.717, 1.165) is 43.1 Å². The molecule has 6 nitrogen and oxygen atoms in total. The summed E-state index contributed by atoms with van der Waals surface area (Å²) < 4.78 is 31.6. The molecule has 0 N–H and O–H groups in total. The Hall–Kier alpha value is -2.90. The minimum atomic E-state index is -3.66. The van der Waals surface area contributed by atoms with Crippen LogP contribution in [-0.4, -0.2) is 51.6 Å². The number of benzene rings is 2. The number of ether oxygens (including phenoxy) is 1. The molecule has 7 heteroatoms. The van der Waals surface area contributed by atoms with Crippen LogP contribution < -0.4 is 9.64 Å². The van der Waals surface area contributed by atoms with Gasteiger partial charge in [-0.3, -0.25) is 4.90 Å². The van der Waals surface area contributed by atoms with E-state index >= 15 is 0 Å². The van der Waals surface area contributed by atoms with Crippen molar-refractivity contribution >= 4 is 15.5 Å². The Morgan fingerprint density at radius 2 is 1.61 bits per heavy atom. The van der Waals surface area contributed by atoms with Gasteiger partial charge in [-0.25, -0.2) is 13.4 Å². The van der Waals surface area contributed by atoms with Gasteiger partial charge in [0.25, 0.3) is 0 Å². The number of aromatic nitrogens is 1. The maximum absolute atomic E-state index is 13.2. The number of anilines is 1. The first-order valence-corrected chi connectivity index (χ1v) is 11.8. The third-order valence-corrected chi connectivity index (χ3v) is 7.41. The fourth-order valence-electron chi connectivity index (χ4n) is 3.81. The van der Waals surface area contributed by atoms with E-state index < -0.39 is 9.84 Å². The molecule has 4 rings (SSSR count). The highest BCUT2D eigenvalue weighted by molar-refractivity contribution is 7.91. The Bertz CT molecular complexity index is 1120. The van der Waals surface area contributed by atoms with E-state index in [0.29, 0.717) is 6.54 Å². The maximum atomic E-state index is 13.2. The zero-order chi connectivity index (χ0) is 21.8. The molecule has 0 radical (unpaired) electrons. The number of pyridine rings is 1. The quantitative estimate of drug-likeness (QED) is 0.588. The van der Waals surface area contributed by atoms with Crippen molar-refractivity contribution in [3.63, 3.8) is 0 Å². The highest BCUT2D eigenvalue weighted by Gasteiger charge is 2.25. The van der Waals surface area contributed by atoms with E-state index in [1.165, 1.54) is 5.69 Å². The van der Waals surface area contributed by atoms with Crippen molar-refractivity contribution in [2.45, 2.75) is 23.4 Å². The molecule has 0 aliphatic carbocycles. The van der Waals surface area contributed by atoms with Gasteiger partial charge in [0.15, 0.2) is 5.03 Å². The number of sulfone groups is 1. The summed E-state index contributed by atoms with van der Waals surface area (Å²) in [4.78, 5) is 9.16. The molecule has 0 bridgehead atoms. The highest BCUT2D eigenvalue weighted by Crippen LogP contribution is 2.25. The van der Waals surface area contributed by atoms with Gasteiger partial charge in [-0.15, -0.1) is 0 Å². The zero-order valence-electron chi connectivity index (χ0n) is 17.9. The van der Waals surface area contributed by atoms with E-state index in [1.54, 1.807) is 31.5 Å². The topological polar surface area (TPSA) is 62.7 Å². The van der Waals surface area contributed by atoms with Gasteiger partial charge >= 0.3 is 0 Å². The fourth-order valence-corrected chi connectivity index (χ4v) is 5.21. The van der Waals surface area contributed by atoms with E-state index in [1.807, 2.05) is 37.3 Å². The standard InChI is InChI=1S/C24H27N3O3S/c1-19-5-11-23(12-6-19)31(28,29)24-20(4-3-13-25-24)18-26-14-16-27(17-15-26)21-7-9-22(30-2)10-8-21/h3-13H,14-18H2,1-2H3. The summed E-state index contributed by atoms with van der Waals surface area (Å²) in [5, 5.41) is 0.149. The van der Waals surface area contributed by atoms with Gasteiger partial charge in [0.05, 0.1) is 12.0 Å². The third-order valence-electron chi connectivity index (χ3n) is 5.64. The summed E-state index contributed by atoms with van der Waals surface area (Å²) >= 11 is 0. The van der Waals surface area contributed by atoms with Crippen LogP contribution in [0, 0.1) is 6.92 Å². The average Bonchev–Trinajstić information content (AvgIpc) is 2.80. The van der Waals surface area contributed by atoms with Crippen molar-refractivity contribution in [2.24, 2.45) is 0 Å². The van der Waals surface area contributed by atoms with Crippen molar-refractivity contribution in [1.29, 1.82) is 0 Å². The maximum Gasteiger partial charge on any atom is 0.224 e. The molecule has 1 aromatic heterocycles. The molecule has 1 aliphatic heterocycles. The third kappa shape index (κ3) is 4.73. The number of rotatable bonds is 6. The molecular weight excluding hydrogens is 410 g/mol. The van der Waals surface area contributed by atoms with Crippen LogP contribution in [0.3, 0.4) is 0 Å². The lowest BCUT2D eigenvalue weighted by Gasteiger charge is -2.36. The second kappa shape index (κ2) is 9.08. The van der Waals surface area contributed by atoms with E-state index in [-0.39, 0.29) is 9.92 Å². The van der Waals surface area contributed by atoms with Crippen LogP contribution in [0.5, 0.6) is 5.75 Å². The summed E-state index contributed by atoms with van der Waals surface area (Å²) in [5.74, 6) is 0.848. The molecule has 2 aromatic carbocycles. The van der Waals surface area contributed by atoms with Crippen LogP contribution in [0.4, 0.5) is 5.69 Å². The lowest BCUT2D eigenvalue weighted by atomic mass is 10.2. The van der Waals surface area contributed by atoms with Crippen LogP contribution in [-0.2, 0) is 16.4 Å². The Morgan fingerprint density at radius 1 is 0.935 bits per heavy atom. The molecule has 1 fully saturated rings. The van der Waals surface area contributed by atoms with E-state index in [4.69, 9.17) is 4.74 Å². The molecule has 31 heavy (non-hydrogen) atoms. The van der Waals surface area contributed by atoms with Crippen molar-refractivity contribution < 1.29 is 13.2 Å². The Balaban J connectivity index is 1.47. The number of hydrogen-bond acceptors (Lipinski definition) is 6. The van der Waals surface area contributed by atoms with Gasteiger partial charge < -0.3 is 9.64 Å². The van der Waals surface area contributed by atoms with E-state index in [9.17, 15) is 8.42 Å². The molecular formula is C24H27N3O3S. The summed E-state index contributed by atoms with van der Waals surface area (Å²) in [6.45, 7) is 5.97. The van der Waals surface area contributed by atoms with E-state index in [2.05, 4.69) is 26.9 Å². The second-order valence-corrected chi connectivity index (χ2v) is 9.61. The monoisotopic (exact) mass is 437 g/mol. The average molecular weight is 438 g/mol.